The normalized spacial score (nSPS) is 15.5. The predicted molar refractivity (Wildman–Crippen MR) is 38.8 cm³/mol. The maximum absolute atomic E-state index is 9.79. The molecular formula is C3H11CaO5P. The molecule has 2 atom stereocenters. The molecule has 0 amide bonds. The molecule has 0 spiro atoms. The van der Waals surface area contributed by atoms with E-state index < -0.39 is 21.0 Å². The Labute approximate surface area is 89.0 Å². The van der Waals surface area contributed by atoms with Gasteiger partial charge in [-0.3, -0.25) is 4.57 Å². The van der Waals surface area contributed by atoms with Crippen LogP contribution in [0.4, 0.5) is 0 Å². The average molecular weight is 198 g/mol. The van der Waals surface area contributed by atoms with E-state index in [9.17, 15) is 4.57 Å². The van der Waals surface area contributed by atoms with Crippen LogP contribution in [0.3, 0.4) is 0 Å². The SMILES string of the molecule is O=[PH](O)OCC(O)CO.[CaH2]. The van der Waals surface area contributed by atoms with Crippen molar-refractivity contribution in [3.63, 3.8) is 0 Å². The zero-order chi connectivity index (χ0) is 7.28. The van der Waals surface area contributed by atoms with Crippen molar-refractivity contribution >= 4 is 46.0 Å². The Balaban J connectivity index is 0. The van der Waals surface area contributed by atoms with E-state index in [4.69, 9.17) is 15.1 Å². The molecule has 0 bridgehead atoms. The molecule has 3 N–H and O–H groups in total. The Morgan fingerprint density at radius 2 is 2.10 bits per heavy atom. The van der Waals surface area contributed by atoms with Crippen LogP contribution >= 0.6 is 8.25 Å². The van der Waals surface area contributed by atoms with Crippen molar-refractivity contribution in [1.82, 2.24) is 0 Å². The number of hydrogen-bond acceptors (Lipinski definition) is 4. The first-order valence-corrected chi connectivity index (χ1v) is 3.58. The minimum atomic E-state index is -2.96. The summed E-state index contributed by atoms with van der Waals surface area (Å²) in [4.78, 5) is 8.03. The molecule has 0 aromatic heterocycles. The summed E-state index contributed by atoms with van der Waals surface area (Å²) in [5.41, 5.74) is 0. The molecule has 0 saturated carbocycles. The first-order chi connectivity index (χ1) is 4.16. The molecule has 0 rings (SSSR count). The van der Waals surface area contributed by atoms with Gasteiger partial charge in [-0.1, -0.05) is 0 Å². The van der Waals surface area contributed by atoms with Crippen LogP contribution in [0.25, 0.3) is 0 Å². The zero-order valence-electron chi connectivity index (χ0n) is 4.65. The van der Waals surface area contributed by atoms with E-state index in [1.54, 1.807) is 0 Å². The van der Waals surface area contributed by atoms with E-state index in [0.29, 0.717) is 0 Å². The van der Waals surface area contributed by atoms with Crippen molar-refractivity contribution in [1.29, 1.82) is 0 Å². The van der Waals surface area contributed by atoms with Crippen LogP contribution in [0, 0.1) is 0 Å². The summed E-state index contributed by atoms with van der Waals surface area (Å²) in [6.45, 7) is -0.764. The standard InChI is InChI=1S/C3H9O5P.Ca.2H/c4-1-3(5)2-8-9(6)7;;;/h3-5,9H,1-2H2,(H,6,7);;;. The number of hydrogen-bond donors (Lipinski definition) is 3. The summed E-state index contributed by atoms with van der Waals surface area (Å²) >= 11 is 0. The van der Waals surface area contributed by atoms with Gasteiger partial charge in [0.05, 0.1) is 13.2 Å². The second kappa shape index (κ2) is 8.43. The predicted octanol–water partition coefficient (Wildman–Crippen LogP) is -2.18. The van der Waals surface area contributed by atoms with Crippen LogP contribution in [0.2, 0.25) is 0 Å². The minimum absolute atomic E-state index is 0. The van der Waals surface area contributed by atoms with E-state index in [1.165, 1.54) is 0 Å². The van der Waals surface area contributed by atoms with Gasteiger partial charge in [-0.15, -0.1) is 0 Å². The van der Waals surface area contributed by atoms with E-state index in [2.05, 4.69) is 4.52 Å². The summed E-state index contributed by atoms with van der Waals surface area (Å²) in [6, 6.07) is 0. The van der Waals surface area contributed by atoms with Gasteiger partial charge in [0, 0.05) is 0 Å². The fourth-order valence-electron chi connectivity index (χ4n) is 0.220. The van der Waals surface area contributed by atoms with Gasteiger partial charge in [-0.25, -0.2) is 0 Å². The first-order valence-electron chi connectivity index (χ1n) is 2.31. The van der Waals surface area contributed by atoms with Gasteiger partial charge in [-0.2, -0.15) is 0 Å². The summed E-state index contributed by atoms with van der Waals surface area (Å²) in [7, 11) is -2.96. The van der Waals surface area contributed by atoms with Gasteiger partial charge < -0.3 is 19.6 Å². The topological polar surface area (TPSA) is 87.0 Å². The van der Waals surface area contributed by atoms with Crippen molar-refractivity contribution in [2.75, 3.05) is 13.2 Å². The molecule has 0 aromatic rings. The molecule has 0 saturated heterocycles. The summed E-state index contributed by atoms with van der Waals surface area (Å²) in [6.07, 6.45) is -1.06. The Morgan fingerprint density at radius 1 is 1.60 bits per heavy atom. The van der Waals surface area contributed by atoms with Crippen molar-refractivity contribution in [2.45, 2.75) is 6.10 Å². The Bertz CT molecular complexity index is 98.9. The van der Waals surface area contributed by atoms with Crippen LogP contribution in [0.5, 0.6) is 0 Å². The van der Waals surface area contributed by atoms with Crippen LogP contribution in [-0.2, 0) is 9.09 Å². The van der Waals surface area contributed by atoms with Crippen molar-refractivity contribution in [2.24, 2.45) is 0 Å². The van der Waals surface area contributed by atoms with Gasteiger partial charge in [0.2, 0.25) is 0 Å². The molecule has 5 nitrogen and oxygen atoms in total. The fourth-order valence-corrected chi connectivity index (χ4v) is 0.555. The molecule has 0 fully saturated rings. The number of rotatable bonds is 4. The Hall–Kier alpha value is 1.33. The molecule has 2 unspecified atom stereocenters. The van der Waals surface area contributed by atoms with Crippen LogP contribution < -0.4 is 0 Å². The molecule has 0 radical (unpaired) electrons. The second-order valence-corrected chi connectivity index (χ2v) is 2.23. The van der Waals surface area contributed by atoms with Crippen LogP contribution in [-0.4, -0.2) is 72.2 Å². The maximum atomic E-state index is 9.79. The molecule has 0 aromatic carbocycles. The summed E-state index contributed by atoms with van der Waals surface area (Å²) < 4.78 is 13.9. The molecule has 0 aliphatic heterocycles. The molecule has 0 aliphatic carbocycles. The van der Waals surface area contributed by atoms with Gasteiger partial charge in [0.25, 0.3) is 0 Å². The van der Waals surface area contributed by atoms with Gasteiger partial charge in [0.1, 0.15) is 6.10 Å². The number of aliphatic hydroxyl groups excluding tert-OH is 2. The van der Waals surface area contributed by atoms with Crippen molar-refractivity contribution in [3.05, 3.63) is 0 Å². The van der Waals surface area contributed by atoms with E-state index >= 15 is 0 Å². The summed E-state index contributed by atoms with van der Waals surface area (Å²) in [5.74, 6) is 0. The van der Waals surface area contributed by atoms with Gasteiger partial charge in [-0.05, 0) is 0 Å². The Morgan fingerprint density at radius 3 is 2.40 bits per heavy atom. The van der Waals surface area contributed by atoms with E-state index in [-0.39, 0.29) is 44.3 Å². The van der Waals surface area contributed by atoms with E-state index in [1.807, 2.05) is 0 Å². The quantitative estimate of drug-likeness (QED) is 0.353. The van der Waals surface area contributed by atoms with Gasteiger partial charge >= 0.3 is 46.0 Å². The van der Waals surface area contributed by atoms with Gasteiger partial charge in [0.15, 0.2) is 0 Å². The number of aliphatic hydroxyl groups is 2. The third-order valence-electron chi connectivity index (χ3n) is 0.610. The third kappa shape index (κ3) is 9.33. The van der Waals surface area contributed by atoms with Crippen LogP contribution in [0.15, 0.2) is 0 Å². The molecular weight excluding hydrogens is 187 g/mol. The fraction of sp³-hybridized carbons (Fsp3) is 1.00. The molecule has 60 valence electrons. The van der Waals surface area contributed by atoms with Crippen molar-refractivity contribution in [3.8, 4) is 0 Å². The average Bonchev–Trinajstić information content (AvgIpc) is 1.83. The molecule has 0 aliphatic rings. The first kappa shape index (κ1) is 13.9. The third-order valence-corrected chi connectivity index (χ3v) is 1.02. The zero-order valence-corrected chi connectivity index (χ0v) is 5.65. The van der Waals surface area contributed by atoms with Crippen LogP contribution in [0.1, 0.15) is 0 Å². The second-order valence-electron chi connectivity index (χ2n) is 1.41. The Kier molecular flexibility index (Phi) is 11.7. The monoisotopic (exact) mass is 198 g/mol. The molecule has 0 heterocycles. The molecule has 7 heteroatoms. The summed E-state index contributed by atoms with van der Waals surface area (Å²) in [5, 5.41) is 16.6. The molecule has 10 heavy (non-hydrogen) atoms. The van der Waals surface area contributed by atoms with E-state index in [0.717, 1.165) is 0 Å². The van der Waals surface area contributed by atoms with Crippen molar-refractivity contribution < 1.29 is 24.2 Å².